The summed E-state index contributed by atoms with van der Waals surface area (Å²) >= 11 is 0. The van der Waals surface area contributed by atoms with Crippen LogP contribution in [0.25, 0.3) is 5.69 Å². The molecule has 0 aliphatic heterocycles. The van der Waals surface area contributed by atoms with Crippen molar-refractivity contribution >= 4 is 5.69 Å². The lowest BCUT2D eigenvalue weighted by Gasteiger charge is -2.15. The predicted octanol–water partition coefficient (Wildman–Crippen LogP) is 3.51. The highest BCUT2D eigenvalue weighted by atomic mass is 16.3. The van der Waals surface area contributed by atoms with Crippen molar-refractivity contribution in [2.75, 3.05) is 5.32 Å². The van der Waals surface area contributed by atoms with Crippen LogP contribution < -0.4 is 5.32 Å². The number of rotatable bonds is 5. The van der Waals surface area contributed by atoms with E-state index in [1.807, 2.05) is 29.0 Å². The largest absolute Gasteiger partial charge is 0.469 e. The highest BCUT2D eigenvalue weighted by molar-refractivity contribution is 5.51. The van der Waals surface area contributed by atoms with Gasteiger partial charge in [-0.1, -0.05) is 6.07 Å². The highest BCUT2D eigenvalue weighted by Gasteiger charge is 2.06. The van der Waals surface area contributed by atoms with Gasteiger partial charge in [-0.25, -0.2) is 4.98 Å². The summed E-state index contributed by atoms with van der Waals surface area (Å²) in [6.45, 7) is 2.15. The molecule has 102 valence electrons. The first-order chi connectivity index (χ1) is 9.81. The molecule has 0 aliphatic carbocycles. The molecular weight excluding hydrogens is 250 g/mol. The minimum Gasteiger partial charge on any atom is -0.469 e. The lowest BCUT2D eigenvalue weighted by molar-refractivity contribution is 0.498. The summed E-state index contributed by atoms with van der Waals surface area (Å²) in [6.07, 6.45) is 8.08. The first kappa shape index (κ1) is 12.5. The lowest BCUT2D eigenvalue weighted by atomic mass is 10.2. The number of benzene rings is 1. The van der Waals surface area contributed by atoms with Crippen LogP contribution in [0, 0.1) is 0 Å². The van der Waals surface area contributed by atoms with E-state index in [1.54, 1.807) is 18.8 Å². The Balaban J connectivity index is 1.70. The van der Waals surface area contributed by atoms with Gasteiger partial charge in [-0.15, -0.1) is 0 Å². The molecule has 0 spiro atoms. The monoisotopic (exact) mass is 267 g/mol. The van der Waals surface area contributed by atoms with Crippen molar-refractivity contribution in [3.8, 4) is 5.69 Å². The number of nitrogens with one attached hydrogen (secondary N) is 1. The van der Waals surface area contributed by atoms with Gasteiger partial charge >= 0.3 is 0 Å². The van der Waals surface area contributed by atoms with Crippen molar-refractivity contribution in [3.63, 3.8) is 0 Å². The summed E-state index contributed by atoms with van der Waals surface area (Å²) in [5.41, 5.74) is 2.19. The fourth-order valence-corrected chi connectivity index (χ4v) is 2.23. The van der Waals surface area contributed by atoms with Crippen LogP contribution in [0.15, 0.2) is 65.8 Å². The molecule has 0 aliphatic rings. The van der Waals surface area contributed by atoms with E-state index in [-0.39, 0.29) is 0 Å². The number of imidazole rings is 1. The van der Waals surface area contributed by atoms with Gasteiger partial charge in [0.25, 0.3) is 0 Å². The van der Waals surface area contributed by atoms with Gasteiger partial charge in [0.2, 0.25) is 0 Å². The molecular formula is C16H17N3O. The van der Waals surface area contributed by atoms with Crippen LogP contribution in [-0.4, -0.2) is 15.6 Å². The number of hydrogen-bond acceptors (Lipinski definition) is 3. The molecule has 4 nitrogen and oxygen atoms in total. The van der Waals surface area contributed by atoms with Gasteiger partial charge in [-0.05, 0) is 37.3 Å². The third kappa shape index (κ3) is 2.91. The molecule has 0 saturated heterocycles. The van der Waals surface area contributed by atoms with E-state index < -0.39 is 0 Å². The first-order valence-corrected chi connectivity index (χ1v) is 6.68. The zero-order chi connectivity index (χ0) is 13.8. The smallest absolute Gasteiger partial charge is 0.105 e. The maximum Gasteiger partial charge on any atom is 0.105 e. The average molecular weight is 267 g/mol. The summed E-state index contributed by atoms with van der Waals surface area (Å²) < 4.78 is 7.36. The quantitative estimate of drug-likeness (QED) is 0.769. The Kier molecular flexibility index (Phi) is 3.54. The van der Waals surface area contributed by atoms with Gasteiger partial charge in [-0.2, -0.15) is 0 Å². The summed E-state index contributed by atoms with van der Waals surface area (Å²) in [4.78, 5) is 4.07. The second-order valence-corrected chi connectivity index (χ2v) is 4.85. The van der Waals surface area contributed by atoms with Gasteiger partial charge in [0, 0.05) is 36.2 Å². The van der Waals surface area contributed by atoms with Crippen LogP contribution in [0.5, 0.6) is 0 Å². The summed E-state index contributed by atoms with van der Waals surface area (Å²) in [7, 11) is 0. The standard InChI is InChI=1S/C16H17N3O/c1-13(10-16-6-3-9-20-16)18-14-4-2-5-15(11-14)19-8-7-17-12-19/h2-9,11-13,18H,10H2,1H3. The van der Waals surface area contributed by atoms with Crippen molar-refractivity contribution in [1.29, 1.82) is 0 Å². The Morgan fingerprint density at radius 1 is 1.30 bits per heavy atom. The number of anilines is 1. The van der Waals surface area contributed by atoms with E-state index in [4.69, 9.17) is 4.42 Å². The Hall–Kier alpha value is -2.49. The van der Waals surface area contributed by atoms with Crippen molar-refractivity contribution in [2.24, 2.45) is 0 Å². The number of nitrogens with zero attached hydrogens (tertiary/aromatic N) is 2. The predicted molar refractivity (Wildman–Crippen MR) is 79.1 cm³/mol. The van der Waals surface area contributed by atoms with Crippen LogP contribution in [0.1, 0.15) is 12.7 Å². The molecule has 4 heteroatoms. The zero-order valence-electron chi connectivity index (χ0n) is 11.4. The Bertz CT molecular complexity index is 644. The highest BCUT2D eigenvalue weighted by Crippen LogP contribution is 2.16. The Morgan fingerprint density at radius 2 is 2.25 bits per heavy atom. The molecule has 20 heavy (non-hydrogen) atoms. The molecule has 0 saturated carbocycles. The van der Waals surface area contributed by atoms with Crippen LogP contribution in [0.2, 0.25) is 0 Å². The topological polar surface area (TPSA) is 43.0 Å². The molecule has 2 aromatic heterocycles. The van der Waals surface area contributed by atoms with E-state index in [1.165, 1.54) is 0 Å². The second kappa shape index (κ2) is 5.65. The molecule has 2 heterocycles. The minimum atomic E-state index is 0.305. The SMILES string of the molecule is CC(Cc1ccco1)Nc1cccc(-n2ccnc2)c1. The average Bonchev–Trinajstić information content (AvgIpc) is 3.11. The van der Waals surface area contributed by atoms with Gasteiger partial charge < -0.3 is 14.3 Å². The van der Waals surface area contributed by atoms with E-state index in [0.717, 1.165) is 23.6 Å². The fraction of sp³-hybridized carbons (Fsp3) is 0.188. The minimum absolute atomic E-state index is 0.305. The van der Waals surface area contributed by atoms with Gasteiger partial charge in [0.1, 0.15) is 5.76 Å². The zero-order valence-corrected chi connectivity index (χ0v) is 11.4. The third-order valence-electron chi connectivity index (χ3n) is 3.15. The molecule has 0 fully saturated rings. The summed E-state index contributed by atoms with van der Waals surface area (Å²) in [5.74, 6) is 0.996. The van der Waals surface area contributed by atoms with Crippen LogP contribution >= 0.6 is 0 Å². The van der Waals surface area contributed by atoms with Gasteiger partial charge in [0.05, 0.1) is 12.6 Å². The third-order valence-corrected chi connectivity index (χ3v) is 3.15. The van der Waals surface area contributed by atoms with Crippen LogP contribution in [0.4, 0.5) is 5.69 Å². The van der Waals surface area contributed by atoms with E-state index in [9.17, 15) is 0 Å². The summed E-state index contributed by atoms with van der Waals surface area (Å²) in [5, 5.41) is 3.49. The van der Waals surface area contributed by atoms with Crippen molar-refractivity contribution in [2.45, 2.75) is 19.4 Å². The fourth-order valence-electron chi connectivity index (χ4n) is 2.23. The maximum atomic E-state index is 5.37. The number of furan rings is 1. The molecule has 3 rings (SSSR count). The van der Waals surface area contributed by atoms with E-state index in [2.05, 4.69) is 35.4 Å². The van der Waals surface area contributed by atoms with Crippen molar-refractivity contribution in [3.05, 3.63) is 67.1 Å². The second-order valence-electron chi connectivity index (χ2n) is 4.85. The van der Waals surface area contributed by atoms with E-state index >= 15 is 0 Å². The molecule has 1 N–H and O–H groups in total. The molecule has 3 aromatic rings. The summed E-state index contributed by atoms with van der Waals surface area (Å²) in [6, 6.07) is 12.5. The lowest BCUT2D eigenvalue weighted by Crippen LogP contribution is -2.17. The molecule has 1 atom stereocenters. The van der Waals surface area contributed by atoms with Gasteiger partial charge in [-0.3, -0.25) is 0 Å². The van der Waals surface area contributed by atoms with Gasteiger partial charge in [0.15, 0.2) is 0 Å². The van der Waals surface area contributed by atoms with Crippen LogP contribution in [0.3, 0.4) is 0 Å². The number of aromatic nitrogens is 2. The molecule has 0 bridgehead atoms. The van der Waals surface area contributed by atoms with Crippen LogP contribution in [-0.2, 0) is 6.42 Å². The maximum absolute atomic E-state index is 5.37. The molecule has 0 radical (unpaired) electrons. The molecule has 0 amide bonds. The first-order valence-electron chi connectivity index (χ1n) is 6.68. The Morgan fingerprint density at radius 3 is 3.00 bits per heavy atom. The van der Waals surface area contributed by atoms with E-state index in [0.29, 0.717) is 6.04 Å². The normalized spacial score (nSPS) is 12.2. The van der Waals surface area contributed by atoms with Crippen molar-refractivity contribution < 1.29 is 4.42 Å². The Labute approximate surface area is 118 Å². The molecule has 1 aromatic carbocycles. The number of hydrogen-bond donors (Lipinski definition) is 1. The molecule has 1 unspecified atom stereocenters. The van der Waals surface area contributed by atoms with Crippen molar-refractivity contribution in [1.82, 2.24) is 9.55 Å².